The first-order valence-corrected chi connectivity index (χ1v) is 10.8. The van der Waals surface area contributed by atoms with Gasteiger partial charge in [-0.05, 0) is 55.7 Å². The van der Waals surface area contributed by atoms with Crippen molar-refractivity contribution >= 4 is 45.5 Å². The van der Waals surface area contributed by atoms with Crippen LogP contribution in [0.4, 0.5) is 24.5 Å². The Bertz CT molecular complexity index is 1380. The summed E-state index contributed by atoms with van der Waals surface area (Å²) in [6.07, 6.45) is -0.335. The van der Waals surface area contributed by atoms with Gasteiger partial charge in [-0.15, -0.1) is 0 Å². The van der Waals surface area contributed by atoms with Gasteiger partial charge in [0.2, 0.25) is 0 Å². The standard InChI is InChI=1S/C22H17F3N6O2S/c23-22(24,25)16-9-15(12-27-17(16)10-26)30-19(33)21(4-1-5-21)31(20(30)34)14-2-3-18-13(8-14)11-28-29(18)6-7-32/h2-3,8-9,11-12,32H,1,4-7H2. The molecule has 5 rings (SSSR count). The maximum atomic E-state index is 13.6. The topological polar surface area (TPSA) is 98.3 Å². The van der Waals surface area contributed by atoms with Gasteiger partial charge in [0, 0.05) is 11.1 Å². The van der Waals surface area contributed by atoms with Crippen LogP contribution < -0.4 is 9.80 Å². The van der Waals surface area contributed by atoms with Gasteiger partial charge in [0.15, 0.2) is 10.8 Å². The molecule has 2 fully saturated rings. The Kier molecular flexibility index (Phi) is 5.07. The van der Waals surface area contributed by atoms with Gasteiger partial charge >= 0.3 is 6.18 Å². The van der Waals surface area contributed by atoms with Crippen LogP contribution in [-0.2, 0) is 17.5 Å². The number of rotatable bonds is 4. The van der Waals surface area contributed by atoms with E-state index in [2.05, 4.69) is 10.1 Å². The number of nitriles is 1. The molecule has 0 radical (unpaired) electrons. The molecule has 2 aromatic heterocycles. The molecule has 1 N–H and O–H groups in total. The number of amides is 1. The Balaban J connectivity index is 1.59. The van der Waals surface area contributed by atoms with E-state index in [4.69, 9.17) is 17.5 Å². The van der Waals surface area contributed by atoms with Crippen molar-refractivity contribution in [1.82, 2.24) is 14.8 Å². The number of hydrogen-bond donors (Lipinski definition) is 1. The molecule has 12 heteroatoms. The van der Waals surface area contributed by atoms with E-state index in [1.54, 1.807) is 27.9 Å². The highest BCUT2D eigenvalue weighted by Gasteiger charge is 2.59. The van der Waals surface area contributed by atoms with Crippen LogP contribution in [0.3, 0.4) is 0 Å². The number of hydrogen-bond acceptors (Lipinski definition) is 6. The molecule has 3 heterocycles. The van der Waals surface area contributed by atoms with E-state index < -0.39 is 28.9 Å². The molecular formula is C22H17F3N6O2S. The molecule has 0 atom stereocenters. The van der Waals surface area contributed by atoms with Crippen LogP contribution in [-0.4, -0.2) is 43.0 Å². The number of pyridine rings is 1. The molecule has 0 unspecified atom stereocenters. The minimum absolute atomic E-state index is 0.0476. The lowest BCUT2D eigenvalue weighted by Gasteiger charge is -2.43. The number of thiocarbonyl (C=S) groups is 1. The number of fused-ring (bicyclic) bond motifs is 1. The van der Waals surface area contributed by atoms with Crippen LogP contribution in [0.1, 0.15) is 30.5 Å². The lowest BCUT2D eigenvalue weighted by Crippen LogP contribution is -2.55. The summed E-state index contributed by atoms with van der Waals surface area (Å²) in [5, 5.41) is 23.3. The van der Waals surface area contributed by atoms with Gasteiger partial charge in [-0.1, -0.05) is 0 Å². The Morgan fingerprint density at radius 2 is 1.97 bits per heavy atom. The largest absolute Gasteiger partial charge is 0.419 e. The van der Waals surface area contributed by atoms with E-state index in [1.807, 2.05) is 6.07 Å². The minimum Gasteiger partial charge on any atom is -0.394 e. The van der Waals surface area contributed by atoms with Gasteiger partial charge in [0.05, 0.1) is 42.3 Å². The van der Waals surface area contributed by atoms with Crippen LogP contribution in [0.25, 0.3) is 10.9 Å². The Morgan fingerprint density at radius 1 is 1.21 bits per heavy atom. The first kappa shape index (κ1) is 22.2. The molecule has 1 aliphatic heterocycles. The van der Waals surface area contributed by atoms with E-state index in [9.17, 15) is 23.1 Å². The first-order chi connectivity index (χ1) is 16.2. The molecule has 34 heavy (non-hydrogen) atoms. The third kappa shape index (κ3) is 3.15. The summed E-state index contributed by atoms with van der Waals surface area (Å²) in [6, 6.07) is 7.59. The second-order valence-corrected chi connectivity index (χ2v) is 8.54. The van der Waals surface area contributed by atoms with Crippen molar-refractivity contribution in [3.8, 4) is 6.07 Å². The smallest absolute Gasteiger partial charge is 0.394 e. The predicted octanol–water partition coefficient (Wildman–Crippen LogP) is 3.37. The Hall–Kier alpha value is -3.56. The maximum Gasteiger partial charge on any atom is 0.419 e. The predicted molar refractivity (Wildman–Crippen MR) is 120 cm³/mol. The van der Waals surface area contributed by atoms with Gasteiger partial charge in [-0.3, -0.25) is 14.4 Å². The fourth-order valence-corrected chi connectivity index (χ4v) is 5.04. The second kappa shape index (κ2) is 7.75. The lowest BCUT2D eigenvalue weighted by atomic mass is 9.75. The van der Waals surface area contributed by atoms with Crippen molar-refractivity contribution in [3.63, 3.8) is 0 Å². The number of anilines is 2. The number of halogens is 3. The molecule has 1 amide bonds. The molecule has 3 aromatic rings. The fraction of sp³-hybridized carbons (Fsp3) is 0.318. The third-order valence-electron chi connectivity index (χ3n) is 6.33. The van der Waals surface area contributed by atoms with Gasteiger partial charge < -0.3 is 10.0 Å². The summed E-state index contributed by atoms with van der Waals surface area (Å²) in [4.78, 5) is 20.0. The summed E-state index contributed by atoms with van der Waals surface area (Å²) in [5.41, 5.74) is -1.70. The van der Waals surface area contributed by atoms with E-state index in [0.29, 0.717) is 25.1 Å². The van der Waals surface area contributed by atoms with Crippen molar-refractivity contribution in [3.05, 3.63) is 47.9 Å². The summed E-state index contributed by atoms with van der Waals surface area (Å²) in [6.45, 7) is 0.258. The monoisotopic (exact) mass is 486 g/mol. The number of carbonyl (C=O) groups is 1. The SMILES string of the molecule is N#Cc1ncc(N2C(=O)C3(CCC3)N(c3ccc4c(cnn4CCO)c3)C2=S)cc1C(F)(F)F. The van der Waals surface area contributed by atoms with Crippen LogP contribution in [0, 0.1) is 11.3 Å². The zero-order chi connectivity index (χ0) is 24.3. The average Bonchev–Trinajstić information content (AvgIpc) is 3.28. The van der Waals surface area contributed by atoms with Gasteiger partial charge in [0.25, 0.3) is 5.91 Å². The van der Waals surface area contributed by atoms with Crippen molar-refractivity contribution in [2.24, 2.45) is 0 Å². The van der Waals surface area contributed by atoms with Crippen LogP contribution in [0.5, 0.6) is 0 Å². The highest BCUT2D eigenvalue weighted by molar-refractivity contribution is 7.81. The number of carbonyl (C=O) groups excluding carboxylic acids is 1. The van der Waals surface area contributed by atoms with Gasteiger partial charge in [-0.25, -0.2) is 4.98 Å². The summed E-state index contributed by atoms with van der Waals surface area (Å²) in [7, 11) is 0. The first-order valence-electron chi connectivity index (χ1n) is 10.4. The number of aliphatic hydroxyl groups excluding tert-OH is 1. The van der Waals surface area contributed by atoms with Crippen LogP contribution in [0.2, 0.25) is 0 Å². The van der Waals surface area contributed by atoms with E-state index in [-0.39, 0.29) is 17.4 Å². The van der Waals surface area contributed by atoms with E-state index in [0.717, 1.165) is 34.5 Å². The second-order valence-electron chi connectivity index (χ2n) is 8.18. The van der Waals surface area contributed by atoms with Gasteiger partial charge in [-0.2, -0.15) is 23.5 Å². The molecule has 2 aliphatic rings. The van der Waals surface area contributed by atoms with Crippen LogP contribution >= 0.6 is 12.2 Å². The highest BCUT2D eigenvalue weighted by Crippen LogP contribution is 2.48. The summed E-state index contributed by atoms with van der Waals surface area (Å²) < 4.78 is 42.2. The maximum absolute atomic E-state index is 13.6. The molecule has 1 aliphatic carbocycles. The summed E-state index contributed by atoms with van der Waals surface area (Å²) in [5.74, 6) is -0.417. The van der Waals surface area contributed by atoms with E-state index in [1.165, 1.54) is 6.07 Å². The lowest BCUT2D eigenvalue weighted by molar-refractivity contribution is -0.138. The normalized spacial score (nSPS) is 17.5. The Morgan fingerprint density at radius 3 is 2.59 bits per heavy atom. The quantitative estimate of drug-likeness (QED) is 0.565. The summed E-state index contributed by atoms with van der Waals surface area (Å²) >= 11 is 5.62. The van der Waals surface area contributed by atoms with E-state index >= 15 is 0 Å². The highest BCUT2D eigenvalue weighted by atomic mass is 32.1. The molecule has 1 saturated heterocycles. The number of alkyl halides is 3. The third-order valence-corrected chi connectivity index (χ3v) is 6.70. The molecule has 8 nitrogen and oxygen atoms in total. The molecular weight excluding hydrogens is 469 g/mol. The Labute approximate surface area is 196 Å². The van der Waals surface area contributed by atoms with Crippen molar-refractivity contribution in [2.45, 2.75) is 37.5 Å². The average molecular weight is 486 g/mol. The van der Waals surface area contributed by atoms with Gasteiger partial charge in [0.1, 0.15) is 11.6 Å². The zero-order valence-electron chi connectivity index (χ0n) is 17.6. The van der Waals surface area contributed by atoms with Crippen LogP contribution in [0.15, 0.2) is 36.7 Å². The molecule has 1 spiro atoms. The minimum atomic E-state index is -4.81. The molecule has 1 aromatic carbocycles. The number of aromatic nitrogens is 3. The molecule has 0 bridgehead atoms. The van der Waals surface area contributed by atoms with Crippen molar-refractivity contribution in [2.75, 3.05) is 16.4 Å². The number of benzene rings is 1. The number of aliphatic hydroxyl groups is 1. The van der Waals surface area contributed by atoms with Crippen molar-refractivity contribution in [1.29, 1.82) is 5.26 Å². The zero-order valence-corrected chi connectivity index (χ0v) is 18.4. The molecule has 174 valence electrons. The fourth-order valence-electron chi connectivity index (χ4n) is 4.58. The number of nitrogens with zero attached hydrogens (tertiary/aromatic N) is 6. The molecule has 1 saturated carbocycles. The van der Waals surface area contributed by atoms with Crippen molar-refractivity contribution < 1.29 is 23.1 Å².